The molecule has 0 radical (unpaired) electrons. The molecule has 20 heavy (non-hydrogen) atoms. The average Bonchev–Trinajstić information content (AvgIpc) is 3.06. The molecule has 1 aromatic heterocycles. The monoisotopic (exact) mass is 293 g/mol. The maximum absolute atomic E-state index is 12.0. The summed E-state index contributed by atoms with van der Waals surface area (Å²) in [5.41, 5.74) is 0.648. The van der Waals surface area contributed by atoms with E-state index in [0.717, 1.165) is 17.9 Å². The van der Waals surface area contributed by atoms with Crippen LogP contribution in [-0.4, -0.2) is 36.9 Å². The second-order valence-corrected chi connectivity index (χ2v) is 5.72. The van der Waals surface area contributed by atoms with E-state index in [-0.39, 0.29) is 18.6 Å². The minimum Gasteiger partial charge on any atom is -0.395 e. The van der Waals surface area contributed by atoms with Crippen molar-refractivity contribution in [2.75, 3.05) is 19.8 Å². The van der Waals surface area contributed by atoms with Crippen LogP contribution in [0.2, 0.25) is 0 Å². The van der Waals surface area contributed by atoms with Gasteiger partial charge < -0.3 is 15.2 Å². The van der Waals surface area contributed by atoms with Crippen molar-refractivity contribution < 1.29 is 14.6 Å². The zero-order valence-corrected chi connectivity index (χ0v) is 12.3. The van der Waals surface area contributed by atoms with Crippen LogP contribution in [-0.2, 0) is 4.74 Å². The third kappa shape index (κ3) is 4.07. The van der Waals surface area contributed by atoms with Gasteiger partial charge in [0.1, 0.15) is 0 Å². The van der Waals surface area contributed by atoms with Gasteiger partial charge in [-0.25, -0.2) is 0 Å². The second-order valence-electron chi connectivity index (χ2n) is 4.81. The lowest BCUT2D eigenvalue weighted by Gasteiger charge is -2.14. The van der Waals surface area contributed by atoms with Gasteiger partial charge in [-0.2, -0.15) is 0 Å². The summed E-state index contributed by atoms with van der Waals surface area (Å²) in [6.45, 7) is 3.54. The zero-order chi connectivity index (χ0) is 14.4. The third-order valence-corrected chi connectivity index (χ3v) is 4.21. The lowest BCUT2D eigenvalue weighted by atomic mass is 10.0. The van der Waals surface area contributed by atoms with Crippen molar-refractivity contribution in [3.05, 3.63) is 21.9 Å². The van der Waals surface area contributed by atoms with Gasteiger partial charge in [0.15, 0.2) is 0 Å². The summed E-state index contributed by atoms with van der Waals surface area (Å²) in [6, 6.07) is 1.79. The van der Waals surface area contributed by atoms with Crippen LogP contribution in [0.1, 0.15) is 35.0 Å². The molecule has 1 fully saturated rings. The van der Waals surface area contributed by atoms with Crippen molar-refractivity contribution in [2.45, 2.75) is 25.9 Å². The summed E-state index contributed by atoms with van der Waals surface area (Å²) in [5, 5.41) is 13.4. The number of rotatable bonds is 4. The lowest BCUT2D eigenvalue weighted by molar-refractivity contribution is 0.0907. The average molecular weight is 293 g/mol. The lowest BCUT2D eigenvalue weighted by Crippen LogP contribution is -2.31. The van der Waals surface area contributed by atoms with E-state index in [1.54, 1.807) is 6.07 Å². The highest BCUT2D eigenvalue weighted by molar-refractivity contribution is 7.10. The molecule has 0 spiro atoms. The third-order valence-electron chi connectivity index (χ3n) is 3.37. The van der Waals surface area contributed by atoms with Gasteiger partial charge in [0.2, 0.25) is 0 Å². The van der Waals surface area contributed by atoms with Gasteiger partial charge in [0.25, 0.3) is 5.91 Å². The van der Waals surface area contributed by atoms with Crippen molar-refractivity contribution in [3.8, 4) is 11.8 Å². The topological polar surface area (TPSA) is 58.6 Å². The minimum atomic E-state index is -0.0597. The zero-order valence-electron chi connectivity index (χ0n) is 11.5. The van der Waals surface area contributed by atoms with Gasteiger partial charge in [-0.15, -0.1) is 11.3 Å². The highest BCUT2D eigenvalue weighted by Gasteiger charge is 2.24. The van der Waals surface area contributed by atoms with E-state index in [2.05, 4.69) is 17.2 Å². The summed E-state index contributed by atoms with van der Waals surface area (Å²) in [6.07, 6.45) is 1.68. The molecule has 1 aromatic rings. The van der Waals surface area contributed by atoms with Crippen LogP contribution in [0.3, 0.4) is 0 Å². The molecule has 0 saturated carbocycles. The molecule has 1 aliphatic rings. The van der Waals surface area contributed by atoms with Gasteiger partial charge in [-0.3, -0.25) is 4.79 Å². The molecule has 2 atom stereocenters. The molecule has 4 nitrogen and oxygen atoms in total. The Bertz CT molecular complexity index is 515. The summed E-state index contributed by atoms with van der Waals surface area (Å²) in [7, 11) is 0. The first kappa shape index (κ1) is 15.0. The molecule has 0 bridgehead atoms. The Hall–Kier alpha value is -1.35. The summed E-state index contributed by atoms with van der Waals surface area (Å²) >= 11 is 1.45. The number of hydrogen-bond donors (Lipinski definition) is 2. The first-order valence-corrected chi connectivity index (χ1v) is 7.66. The van der Waals surface area contributed by atoms with Crippen molar-refractivity contribution in [1.82, 2.24) is 5.32 Å². The van der Waals surface area contributed by atoms with Gasteiger partial charge >= 0.3 is 0 Å². The number of carbonyl (C=O) groups excluding carboxylic acids is 1. The number of aliphatic hydroxyl groups excluding tert-OH is 1. The predicted octanol–water partition coefficient (Wildman–Crippen LogP) is 1.64. The molecule has 2 rings (SSSR count). The fourth-order valence-electron chi connectivity index (χ4n) is 2.10. The number of aliphatic hydroxyl groups is 1. The maximum atomic E-state index is 12.0. The molecular weight excluding hydrogens is 274 g/mol. The Labute approximate surface area is 123 Å². The molecule has 5 heteroatoms. The highest BCUT2D eigenvalue weighted by Crippen LogP contribution is 2.19. The van der Waals surface area contributed by atoms with Gasteiger partial charge in [-0.1, -0.05) is 11.8 Å². The largest absolute Gasteiger partial charge is 0.395 e. The Morgan fingerprint density at radius 3 is 3.20 bits per heavy atom. The van der Waals surface area contributed by atoms with E-state index in [4.69, 9.17) is 9.84 Å². The SMILES string of the molecule is CC1OCCC1CNC(=O)c1csc(C#CCCO)c1. The van der Waals surface area contributed by atoms with Gasteiger partial charge in [0, 0.05) is 30.9 Å². The molecule has 2 N–H and O–H groups in total. The van der Waals surface area contributed by atoms with Crippen LogP contribution in [0, 0.1) is 17.8 Å². The maximum Gasteiger partial charge on any atom is 0.252 e. The molecule has 1 amide bonds. The van der Waals surface area contributed by atoms with Crippen LogP contribution < -0.4 is 5.32 Å². The number of nitrogens with one attached hydrogen (secondary N) is 1. The van der Waals surface area contributed by atoms with E-state index < -0.39 is 0 Å². The van der Waals surface area contributed by atoms with Crippen molar-refractivity contribution >= 4 is 17.2 Å². The van der Waals surface area contributed by atoms with Gasteiger partial charge in [-0.05, 0) is 19.4 Å². The fraction of sp³-hybridized carbons (Fsp3) is 0.533. The Kier molecular flexibility index (Phi) is 5.60. The number of hydrogen-bond acceptors (Lipinski definition) is 4. The molecule has 1 saturated heterocycles. The fourth-order valence-corrected chi connectivity index (χ4v) is 2.85. The van der Waals surface area contributed by atoms with Gasteiger partial charge in [0.05, 0.1) is 23.2 Å². The summed E-state index contributed by atoms with van der Waals surface area (Å²) in [5.74, 6) is 6.13. The minimum absolute atomic E-state index is 0.0597. The highest BCUT2D eigenvalue weighted by atomic mass is 32.1. The van der Waals surface area contributed by atoms with Crippen molar-refractivity contribution in [3.63, 3.8) is 0 Å². The predicted molar refractivity (Wildman–Crippen MR) is 78.8 cm³/mol. The molecule has 2 heterocycles. The second kappa shape index (κ2) is 7.44. The van der Waals surface area contributed by atoms with Crippen LogP contribution in [0.4, 0.5) is 0 Å². The Balaban J connectivity index is 1.85. The first-order valence-electron chi connectivity index (χ1n) is 6.78. The quantitative estimate of drug-likeness (QED) is 0.830. The summed E-state index contributed by atoms with van der Waals surface area (Å²) < 4.78 is 5.47. The van der Waals surface area contributed by atoms with Crippen LogP contribution >= 0.6 is 11.3 Å². The smallest absolute Gasteiger partial charge is 0.252 e. The molecule has 1 aliphatic heterocycles. The van der Waals surface area contributed by atoms with E-state index in [9.17, 15) is 4.79 Å². The van der Waals surface area contributed by atoms with E-state index >= 15 is 0 Å². The first-order chi connectivity index (χ1) is 9.70. The van der Waals surface area contributed by atoms with E-state index in [0.29, 0.717) is 24.4 Å². The van der Waals surface area contributed by atoms with Crippen molar-refractivity contribution in [1.29, 1.82) is 0 Å². The van der Waals surface area contributed by atoms with Crippen LogP contribution in [0.25, 0.3) is 0 Å². The standard InChI is InChI=1S/C15H19NO3S/c1-11-12(5-7-19-11)9-16-15(18)13-8-14(20-10-13)4-2-3-6-17/h8,10-12,17H,3,5-7,9H2,1H3,(H,16,18). The Morgan fingerprint density at radius 1 is 1.65 bits per heavy atom. The summed E-state index contributed by atoms with van der Waals surface area (Å²) in [4.78, 5) is 12.9. The molecule has 0 aromatic carbocycles. The Morgan fingerprint density at radius 2 is 2.50 bits per heavy atom. The van der Waals surface area contributed by atoms with E-state index in [1.165, 1.54) is 11.3 Å². The number of amides is 1. The van der Waals surface area contributed by atoms with Crippen molar-refractivity contribution in [2.24, 2.45) is 5.92 Å². The molecule has 0 aliphatic carbocycles. The van der Waals surface area contributed by atoms with Crippen LogP contribution in [0.15, 0.2) is 11.4 Å². The normalized spacial score (nSPS) is 21.3. The molecule has 108 valence electrons. The molecular formula is C15H19NO3S. The van der Waals surface area contributed by atoms with E-state index in [1.807, 2.05) is 12.3 Å². The van der Waals surface area contributed by atoms with Crippen LogP contribution in [0.5, 0.6) is 0 Å². The number of carbonyl (C=O) groups is 1. The number of thiophene rings is 1. The number of ether oxygens (including phenoxy) is 1. The molecule has 2 unspecified atom stereocenters.